The molecule has 24 heavy (non-hydrogen) atoms. The van der Waals surface area contributed by atoms with E-state index in [0.29, 0.717) is 12.1 Å². The molecule has 0 aromatic heterocycles. The molecule has 0 N–H and O–H groups in total. The first-order valence-electron chi connectivity index (χ1n) is 8.90. The Labute approximate surface area is 144 Å². The minimum atomic E-state index is 0.585. The van der Waals surface area contributed by atoms with Crippen molar-refractivity contribution in [2.45, 2.75) is 44.8 Å². The lowest BCUT2D eigenvalue weighted by atomic mass is 9.93. The van der Waals surface area contributed by atoms with E-state index in [0.717, 1.165) is 18.7 Å². The summed E-state index contributed by atoms with van der Waals surface area (Å²) in [7, 11) is 1.74. The van der Waals surface area contributed by atoms with Crippen molar-refractivity contribution in [3.8, 4) is 5.75 Å². The van der Waals surface area contributed by atoms with Crippen LogP contribution in [0.5, 0.6) is 5.75 Å². The third kappa shape index (κ3) is 2.87. The van der Waals surface area contributed by atoms with Gasteiger partial charge in [-0.2, -0.15) is 0 Å². The standard InChI is InChI=1S/C22H25NO/c1-16-12-18(8-11-22(16)24-2)19-13-20-9-10-21(14-19)23(20)15-17-6-4-3-5-7-17/h3-8,11-13,20-21H,9-10,14-15H2,1-2H3. The molecule has 2 heteroatoms. The molecule has 2 atom stereocenters. The Kier molecular flexibility index (Phi) is 4.15. The number of benzene rings is 2. The fourth-order valence-corrected chi connectivity index (χ4v) is 4.25. The van der Waals surface area contributed by atoms with E-state index in [1.165, 1.54) is 35.1 Å². The monoisotopic (exact) mass is 319 g/mol. The van der Waals surface area contributed by atoms with Crippen LogP contribution in [0.25, 0.3) is 5.57 Å². The van der Waals surface area contributed by atoms with Crippen molar-refractivity contribution < 1.29 is 4.74 Å². The molecule has 124 valence electrons. The topological polar surface area (TPSA) is 12.5 Å². The van der Waals surface area contributed by atoms with Crippen molar-refractivity contribution >= 4 is 5.57 Å². The van der Waals surface area contributed by atoms with Gasteiger partial charge in [0.2, 0.25) is 0 Å². The molecule has 0 spiro atoms. The number of ether oxygens (including phenoxy) is 1. The minimum Gasteiger partial charge on any atom is -0.496 e. The van der Waals surface area contributed by atoms with E-state index in [2.05, 4.69) is 66.4 Å². The van der Waals surface area contributed by atoms with Crippen LogP contribution in [0.1, 0.15) is 36.0 Å². The van der Waals surface area contributed by atoms with Crippen molar-refractivity contribution in [2.75, 3.05) is 7.11 Å². The third-order valence-electron chi connectivity index (χ3n) is 5.51. The molecule has 2 nitrogen and oxygen atoms in total. The first-order valence-corrected chi connectivity index (χ1v) is 8.90. The Morgan fingerprint density at radius 2 is 1.92 bits per heavy atom. The van der Waals surface area contributed by atoms with Crippen LogP contribution in [-0.2, 0) is 6.54 Å². The summed E-state index contributed by atoms with van der Waals surface area (Å²) in [6.45, 7) is 3.20. The number of methoxy groups -OCH3 is 1. The Balaban J connectivity index is 1.56. The second-order valence-electron chi connectivity index (χ2n) is 7.04. The summed E-state index contributed by atoms with van der Waals surface area (Å²) in [6, 6.07) is 18.7. The smallest absolute Gasteiger partial charge is 0.121 e. The largest absolute Gasteiger partial charge is 0.496 e. The molecule has 2 aromatic carbocycles. The maximum atomic E-state index is 5.40. The van der Waals surface area contributed by atoms with Gasteiger partial charge >= 0.3 is 0 Å². The Hall–Kier alpha value is -2.06. The van der Waals surface area contributed by atoms with Gasteiger partial charge in [0.05, 0.1) is 7.11 Å². The molecule has 2 bridgehead atoms. The first kappa shape index (κ1) is 15.5. The zero-order valence-corrected chi connectivity index (χ0v) is 14.5. The Bertz CT molecular complexity index is 750. The molecule has 0 amide bonds. The van der Waals surface area contributed by atoms with Crippen molar-refractivity contribution in [2.24, 2.45) is 0 Å². The third-order valence-corrected chi connectivity index (χ3v) is 5.51. The fourth-order valence-electron chi connectivity index (χ4n) is 4.25. The van der Waals surface area contributed by atoms with Crippen LogP contribution in [0.15, 0.2) is 54.6 Å². The summed E-state index contributed by atoms with van der Waals surface area (Å²) in [5.74, 6) is 0.976. The zero-order chi connectivity index (χ0) is 16.5. The van der Waals surface area contributed by atoms with Gasteiger partial charge in [-0.05, 0) is 60.6 Å². The highest BCUT2D eigenvalue weighted by atomic mass is 16.5. The molecule has 1 saturated heterocycles. The van der Waals surface area contributed by atoms with Gasteiger partial charge in [-0.3, -0.25) is 4.90 Å². The van der Waals surface area contributed by atoms with Gasteiger partial charge in [-0.15, -0.1) is 0 Å². The van der Waals surface area contributed by atoms with Crippen LogP contribution in [0.4, 0.5) is 0 Å². The normalized spacial score (nSPS) is 23.2. The van der Waals surface area contributed by atoms with Crippen LogP contribution in [0, 0.1) is 6.92 Å². The molecule has 0 radical (unpaired) electrons. The molecule has 2 aromatic rings. The molecule has 2 heterocycles. The Morgan fingerprint density at radius 1 is 1.08 bits per heavy atom. The number of hydrogen-bond donors (Lipinski definition) is 0. The molecular formula is C22H25NO. The van der Waals surface area contributed by atoms with Crippen molar-refractivity contribution in [3.05, 3.63) is 71.3 Å². The lowest BCUT2D eigenvalue weighted by Crippen LogP contribution is -2.37. The number of rotatable bonds is 4. The SMILES string of the molecule is COc1ccc(C2=CC3CCC(C2)N3Cc2ccccc2)cc1C. The van der Waals surface area contributed by atoms with E-state index in [-0.39, 0.29) is 0 Å². The molecule has 2 aliphatic rings. The summed E-state index contributed by atoms with van der Waals surface area (Å²) >= 11 is 0. The highest BCUT2D eigenvalue weighted by Crippen LogP contribution is 2.40. The quantitative estimate of drug-likeness (QED) is 0.801. The fraction of sp³-hybridized carbons (Fsp3) is 0.364. The molecule has 2 aliphatic heterocycles. The van der Waals surface area contributed by atoms with E-state index in [1.54, 1.807) is 7.11 Å². The van der Waals surface area contributed by atoms with E-state index < -0.39 is 0 Å². The van der Waals surface area contributed by atoms with Crippen LogP contribution in [-0.4, -0.2) is 24.1 Å². The lowest BCUT2D eigenvalue weighted by Gasteiger charge is -2.34. The Morgan fingerprint density at radius 3 is 2.62 bits per heavy atom. The highest BCUT2D eigenvalue weighted by molar-refractivity contribution is 5.69. The van der Waals surface area contributed by atoms with Gasteiger partial charge in [0, 0.05) is 18.6 Å². The maximum absolute atomic E-state index is 5.40. The molecule has 1 fully saturated rings. The number of aryl methyl sites for hydroxylation is 1. The minimum absolute atomic E-state index is 0.585. The summed E-state index contributed by atoms with van der Waals surface area (Å²) in [4.78, 5) is 2.69. The summed E-state index contributed by atoms with van der Waals surface area (Å²) in [5, 5.41) is 0. The van der Waals surface area contributed by atoms with Crippen LogP contribution in [0.2, 0.25) is 0 Å². The van der Waals surface area contributed by atoms with Crippen LogP contribution in [0.3, 0.4) is 0 Å². The predicted molar refractivity (Wildman–Crippen MR) is 99.1 cm³/mol. The first-order chi connectivity index (χ1) is 11.7. The van der Waals surface area contributed by atoms with Gasteiger partial charge in [0.15, 0.2) is 0 Å². The summed E-state index contributed by atoms with van der Waals surface area (Å²) in [6.07, 6.45) is 6.27. The molecular weight excluding hydrogens is 294 g/mol. The van der Waals surface area contributed by atoms with E-state index in [1.807, 2.05) is 0 Å². The van der Waals surface area contributed by atoms with Gasteiger partial charge in [-0.1, -0.05) is 42.5 Å². The number of fused-ring (bicyclic) bond motifs is 2. The van der Waals surface area contributed by atoms with E-state index >= 15 is 0 Å². The number of hydrogen-bond acceptors (Lipinski definition) is 2. The van der Waals surface area contributed by atoms with Crippen molar-refractivity contribution in [1.82, 2.24) is 4.90 Å². The second kappa shape index (κ2) is 6.45. The van der Waals surface area contributed by atoms with Crippen LogP contribution < -0.4 is 4.74 Å². The number of nitrogens with zero attached hydrogens (tertiary/aromatic N) is 1. The van der Waals surface area contributed by atoms with Gasteiger partial charge < -0.3 is 4.74 Å². The predicted octanol–water partition coefficient (Wildman–Crippen LogP) is 4.82. The molecule has 0 saturated carbocycles. The summed E-state index contributed by atoms with van der Waals surface area (Å²) < 4.78 is 5.40. The van der Waals surface area contributed by atoms with Crippen molar-refractivity contribution in [3.63, 3.8) is 0 Å². The molecule has 0 aliphatic carbocycles. The van der Waals surface area contributed by atoms with Gasteiger partial charge in [0.25, 0.3) is 0 Å². The molecule has 2 unspecified atom stereocenters. The maximum Gasteiger partial charge on any atom is 0.121 e. The highest BCUT2D eigenvalue weighted by Gasteiger charge is 2.36. The van der Waals surface area contributed by atoms with E-state index in [9.17, 15) is 0 Å². The lowest BCUT2D eigenvalue weighted by molar-refractivity contribution is 0.203. The summed E-state index contributed by atoms with van der Waals surface area (Å²) in [5.41, 5.74) is 5.52. The van der Waals surface area contributed by atoms with Gasteiger partial charge in [-0.25, -0.2) is 0 Å². The van der Waals surface area contributed by atoms with E-state index in [4.69, 9.17) is 4.74 Å². The second-order valence-corrected chi connectivity index (χ2v) is 7.04. The van der Waals surface area contributed by atoms with Gasteiger partial charge in [0.1, 0.15) is 5.75 Å². The zero-order valence-electron chi connectivity index (χ0n) is 14.5. The average Bonchev–Trinajstić information content (AvgIpc) is 2.83. The van der Waals surface area contributed by atoms with Crippen LogP contribution >= 0.6 is 0 Å². The van der Waals surface area contributed by atoms with Crippen molar-refractivity contribution in [1.29, 1.82) is 0 Å². The average molecular weight is 319 g/mol. The molecule has 4 rings (SSSR count).